The fourth-order valence-corrected chi connectivity index (χ4v) is 2.90. The molecule has 1 aromatic rings. The van der Waals surface area contributed by atoms with Crippen LogP contribution in [0.25, 0.3) is 0 Å². The van der Waals surface area contributed by atoms with Gasteiger partial charge < -0.3 is 5.32 Å². The Hall–Kier alpha value is -0.830. The minimum absolute atomic E-state index is 0.572. The van der Waals surface area contributed by atoms with Gasteiger partial charge in [-0.3, -0.25) is 4.68 Å². The maximum Gasteiger partial charge on any atom is 0.0627 e. The van der Waals surface area contributed by atoms with E-state index in [0.29, 0.717) is 18.0 Å². The van der Waals surface area contributed by atoms with E-state index in [1.807, 2.05) is 0 Å². The summed E-state index contributed by atoms with van der Waals surface area (Å²) in [6.45, 7) is 7.78. The Morgan fingerprint density at radius 3 is 2.68 bits per heavy atom. The van der Waals surface area contributed by atoms with Crippen molar-refractivity contribution in [2.24, 2.45) is 5.92 Å². The van der Waals surface area contributed by atoms with Crippen molar-refractivity contribution >= 4 is 0 Å². The lowest BCUT2D eigenvalue weighted by Crippen LogP contribution is -2.28. The lowest BCUT2D eigenvalue weighted by atomic mass is 9.96. The van der Waals surface area contributed by atoms with Crippen LogP contribution in [0.1, 0.15) is 64.6 Å². The molecule has 1 N–H and O–H groups in total. The summed E-state index contributed by atoms with van der Waals surface area (Å²) in [5, 5.41) is 8.29. The van der Waals surface area contributed by atoms with Crippen LogP contribution in [0.2, 0.25) is 0 Å². The van der Waals surface area contributed by atoms with E-state index in [-0.39, 0.29) is 0 Å². The van der Waals surface area contributed by atoms with E-state index in [0.717, 1.165) is 13.0 Å². The van der Waals surface area contributed by atoms with Crippen molar-refractivity contribution in [1.29, 1.82) is 0 Å². The van der Waals surface area contributed by atoms with Gasteiger partial charge in [0.05, 0.1) is 11.7 Å². The van der Waals surface area contributed by atoms with Crippen LogP contribution in [0, 0.1) is 5.92 Å². The zero-order valence-corrected chi connectivity index (χ0v) is 12.7. The van der Waals surface area contributed by atoms with Gasteiger partial charge in [0.1, 0.15) is 0 Å². The van der Waals surface area contributed by atoms with Gasteiger partial charge in [0.25, 0.3) is 0 Å². The van der Waals surface area contributed by atoms with Gasteiger partial charge in [-0.15, -0.1) is 0 Å². The second-order valence-corrected chi connectivity index (χ2v) is 6.45. The Kier molecular flexibility index (Phi) is 5.44. The third-order valence-electron chi connectivity index (χ3n) is 4.04. The Morgan fingerprint density at radius 1 is 1.26 bits per heavy atom. The molecule has 2 rings (SSSR count). The van der Waals surface area contributed by atoms with Crippen LogP contribution in [0.5, 0.6) is 0 Å². The molecular weight excluding hydrogens is 234 g/mol. The van der Waals surface area contributed by atoms with Gasteiger partial charge >= 0.3 is 0 Å². The Bertz CT molecular complexity index is 364. The van der Waals surface area contributed by atoms with Gasteiger partial charge in [-0.05, 0) is 37.8 Å². The average Bonchev–Trinajstić information content (AvgIpc) is 2.86. The van der Waals surface area contributed by atoms with Crippen molar-refractivity contribution < 1.29 is 0 Å². The fourth-order valence-electron chi connectivity index (χ4n) is 2.90. The summed E-state index contributed by atoms with van der Waals surface area (Å²) in [4.78, 5) is 0. The Morgan fingerprint density at radius 2 is 2.00 bits per heavy atom. The van der Waals surface area contributed by atoms with E-state index in [4.69, 9.17) is 5.10 Å². The van der Waals surface area contributed by atoms with Gasteiger partial charge in [-0.2, -0.15) is 5.10 Å². The molecule has 0 aliphatic heterocycles. The predicted octanol–water partition coefficient (Wildman–Crippen LogP) is 3.56. The summed E-state index contributed by atoms with van der Waals surface area (Å²) in [6, 6.07) is 3.44. The maximum absolute atomic E-state index is 4.79. The minimum atomic E-state index is 0.572. The number of hydrogen-bond donors (Lipinski definition) is 1. The molecule has 1 aromatic heterocycles. The monoisotopic (exact) mass is 263 g/mol. The van der Waals surface area contributed by atoms with Gasteiger partial charge in [0, 0.05) is 12.2 Å². The van der Waals surface area contributed by atoms with Crippen LogP contribution in [0.3, 0.4) is 0 Å². The van der Waals surface area contributed by atoms with Gasteiger partial charge in [0.2, 0.25) is 0 Å². The maximum atomic E-state index is 4.79. The molecule has 19 heavy (non-hydrogen) atoms. The third kappa shape index (κ3) is 4.64. The first-order valence-electron chi connectivity index (χ1n) is 7.92. The molecule has 1 saturated carbocycles. The molecule has 1 aliphatic rings. The zero-order chi connectivity index (χ0) is 13.7. The molecule has 1 heterocycles. The van der Waals surface area contributed by atoms with E-state index in [1.54, 1.807) is 0 Å². The van der Waals surface area contributed by atoms with Crippen LogP contribution in [0.4, 0.5) is 0 Å². The van der Waals surface area contributed by atoms with Crippen molar-refractivity contribution in [3.8, 4) is 0 Å². The average molecular weight is 263 g/mol. The van der Waals surface area contributed by atoms with Crippen molar-refractivity contribution in [2.75, 3.05) is 6.54 Å². The predicted molar refractivity (Wildman–Crippen MR) is 80.4 cm³/mol. The highest BCUT2D eigenvalue weighted by molar-refractivity contribution is 5.01. The highest BCUT2D eigenvalue weighted by Gasteiger charge is 2.16. The van der Waals surface area contributed by atoms with E-state index in [9.17, 15) is 0 Å². The number of hydrogen-bond acceptors (Lipinski definition) is 2. The number of rotatable bonds is 6. The first-order valence-corrected chi connectivity index (χ1v) is 7.92. The van der Waals surface area contributed by atoms with Gasteiger partial charge in [-0.1, -0.05) is 40.0 Å². The molecule has 0 radical (unpaired) electrons. The number of aromatic nitrogens is 2. The lowest BCUT2D eigenvalue weighted by Gasteiger charge is -2.21. The highest BCUT2D eigenvalue weighted by Crippen LogP contribution is 2.27. The summed E-state index contributed by atoms with van der Waals surface area (Å²) in [6.07, 6.45) is 10.0. The Labute approximate surface area is 117 Å². The normalized spacial score (nSPS) is 18.9. The van der Waals surface area contributed by atoms with Gasteiger partial charge in [-0.25, -0.2) is 0 Å². The Balaban J connectivity index is 1.82. The minimum Gasteiger partial charge on any atom is -0.314 e. The second-order valence-electron chi connectivity index (χ2n) is 6.45. The quantitative estimate of drug-likeness (QED) is 0.850. The molecule has 0 amide bonds. The molecule has 1 aliphatic carbocycles. The van der Waals surface area contributed by atoms with Crippen LogP contribution in [0.15, 0.2) is 12.3 Å². The van der Waals surface area contributed by atoms with Crippen LogP contribution in [-0.4, -0.2) is 22.4 Å². The van der Waals surface area contributed by atoms with E-state index in [2.05, 4.69) is 43.0 Å². The second kappa shape index (κ2) is 7.09. The van der Waals surface area contributed by atoms with Crippen molar-refractivity contribution in [1.82, 2.24) is 15.1 Å². The zero-order valence-electron chi connectivity index (χ0n) is 12.7. The molecule has 108 valence electrons. The molecular formula is C16H29N3. The van der Waals surface area contributed by atoms with E-state index >= 15 is 0 Å². The van der Waals surface area contributed by atoms with E-state index in [1.165, 1.54) is 37.8 Å². The van der Waals surface area contributed by atoms with Gasteiger partial charge in [0.15, 0.2) is 0 Å². The molecule has 0 saturated heterocycles. The standard InChI is InChI=1S/C16H29N3/c1-13(2)17-12-14(3)11-15-9-10-19(18-15)16-7-5-4-6-8-16/h9-10,13-14,16-17H,4-8,11-12H2,1-3H3. The topological polar surface area (TPSA) is 29.9 Å². The third-order valence-corrected chi connectivity index (χ3v) is 4.04. The highest BCUT2D eigenvalue weighted by atomic mass is 15.3. The molecule has 0 bridgehead atoms. The largest absolute Gasteiger partial charge is 0.314 e. The molecule has 0 aromatic carbocycles. The number of nitrogens with one attached hydrogen (secondary N) is 1. The SMILES string of the molecule is CC(CNC(C)C)Cc1ccn(C2CCCCC2)n1. The number of nitrogens with zero attached hydrogens (tertiary/aromatic N) is 2. The molecule has 1 unspecified atom stereocenters. The molecule has 1 atom stereocenters. The molecule has 0 spiro atoms. The molecule has 1 fully saturated rings. The smallest absolute Gasteiger partial charge is 0.0627 e. The molecule has 3 heteroatoms. The van der Waals surface area contributed by atoms with Crippen molar-refractivity contribution in [2.45, 2.75) is 71.4 Å². The van der Waals surface area contributed by atoms with Crippen LogP contribution in [-0.2, 0) is 6.42 Å². The summed E-state index contributed by atoms with van der Waals surface area (Å²) in [7, 11) is 0. The summed E-state index contributed by atoms with van der Waals surface area (Å²) in [5.74, 6) is 0.650. The van der Waals surface area contributed by atoms with Crippen molar-refractivity contribution in [3.63, 3.8) is 0 Å². The first-order chi connectivity index (χ1) is 9.15. The van der Waals surface area contributed by atoms with Crippen LogP contribution < -0.4 is 5.32 Å². The first kappa shape index (κ1) is 14.6. The summed E-state index contributed by atoms with van der Waals surface area (Å²) in [5.41, 5.74) is 1.25. The fraction of sp³-hybridized carbons (Fsp3) is 0.812. The van der Waals surface area contributed by atoms with Crippen molar-refractivity contribution in [3.05, 3.63) is 18.0 Å². The molecule has 3 nitrogen and oxygen atoms in total. The van der Waals surface area contributed by atoms with Crippen LogP contribution >= 0.6 is 0 Å². The lowest BCUT2D eigenvalue weighted by molar-refractivity contribution is 0.327. The van der Waals surface area contributed by atoms with E-state index < -0.39 is 0 Å². The summed E-state index contributed by atoms with van der Waals surface area (Å²) >= 11 is 0. The summed E-state index contributed by atoms with van der Waals surface area (Å²) < 4.78 is 2.22.